The first-order chi connectivity index (χ1) is 5.63. The van der Waals surface area contributed by atoms with Gasteiger partial charge in [0.1, 0.15) is 0 Å². The van der Waals surface area contributed by atoms with E-state index in [-0.39, 0.29) is 0 Å². The van der Waals surface area contributed by atoms with E-state index in [0.29, 0.717) is 0 Å². The highest BCUT2D eigenvalue weighted by Crippen LogP contribution is 2.30. The van der Waals surface area contributed by atoms with Crippen LogP contribution in [-0.4, -0.2) is 14.1 Å². The summed E-state index contributed by atoms with van der Waals surface area (Å²) in [4.78, 5) is 0. The van der Waals surface area contributed by atoms with Crippen LogP contribution in [0.25, 0.3) is 0 Å². The summed E-state index contributed by atoms with van der Waals surface area (Å²) in [6.07, 6.45) is 0. The van der Waals surface area contributed by atoms with Gasteiger partial charge in [-0.05, 0) is 12.1 Å². The molecule has 0 saturated heterocycles. The van der Waals surface area contributed by atoms with Gasteiger partial charge in [-0.25, -0.2) is 0 Å². The van der Waals surface area contributed by atoms with E-state index < -0.39 is 0 Å². The summed E-state index contributed by atoms with van der Waals surface area (Å²) in [5.74, 6) is 0. The van der Waals surface area contributed by atoms with Gasteiger partial charge in [0, 0.05) is 46.4 Å². The van der Waals surface area contributed by atoms with E-state index in [9.17, 15) is 0 Å². The fourth-order valence-corrected chi connectivity index (χ4v) is 1.59. The normalized spacial score (nSPS) is 9.67. The summed E-state index contributed by atoms with van der Waals surface area (Å²) < 4.78 is 3.81. The van der Waals surface area contributed by atoms with Gasteiger partial charge in [0.25, 0.3) is 0 Å². The standard InChI is InChI=1S/C8H10Br2N2/c1-11(9)7-5-3-4-6-8(7)12(2)10/h3-6H,1-2H3. The third kappa shape index (κ3) is 2.14. The first kappa shape index (κ1) is 9.86. The van der Waals surface area contributed by atoms with E-state index in [1.165, 1.54) is 0 Å². The van der Waals surface area contributed by atoms with E-state index in [2.05, 4.69) is 32.3 Å². The highest BCUT2D eigenvalue weighted by molar-refractivity contribution is 9.10. The molecule has 0 spiro atoms. The molecule has 0 bridgehead atoms. The lowest BCUT2D eigenvalue weighted by Gasteiger charge is -2.18. The number of hydrogen-bond acceptors (Lipinski definition) is 2. The van der Waals surface area contributed by atoms with E-state index in [4.69, 9.17) is 0 Å². The summed E-state index contributed by atoms with van der Waals surface area (Å²) in [5.41, 5.74) is 2.24. The minimum Gasteiger partial charge on any atom is -0.310 e. The van der Waals surface area contributed by atoms with Crippen molar-refractivity contribution in [2.24, 2.45) is 0 Å². The van der Waals surface area contributed by atoms with Crippen molar-refractivity contribution in [2.75, 3.05) is 21.9 Å². The lowest BCUT2D eigenvalue weighted by Crippen LogP contribution is -2.07. The van der Waals surface area contributed by atoms with Crippen molar-refractivity contribution >= 4 is 43.7 Å². The number of nitrogens with zero attached hydrogens (tertiary/aromatic N) is 2. The van der Waals surface area contributed by atoms with Gasteiger partial charge >= 0.3 is 0 Å². The monoisotopic (exact) mass is 292 g/mol. The van der Waals surface area contributed by atoms with Gasteiger partial charge in [-0.2, -0.15) is 0 Å². The lowest BCUT2D eigenvalue weighted by molar-refractivity contribution is 1.32. The number of anilines is 2. The molecular weight excluding hydrogens is 284 g/mol. The van der Waals surface area contributed by atoms with Crippen molar-refractivity contribution in [1.29, 1.82) is 0 Å². The van der Waals surface area contributed by atoms with Crippen molar-refractivity contribution in [3.63, 3.8) is 0 Å². The van der Waals surface area contributed by atoms with Crippen LogP contribution in [0, 0.1) is 0 Å². The molecule has 0 aromatic heterocycles. The second-order valence-corrected chi connectivity index (χ2v) is 4.57. The molecule has 1 rings (SSSR count). The molecule has 1 aromatic carbocycles. The zero-order valence-electron chi connectivity index (χ0n) is 6.96. The smallest absolute Gasteiger partial charge is 0.0709 e. The molecule has 0 fully saturated rings. The average Bonchev–Trinajstić information content (AvgIpc) is 2.04. The molecule has 4 heteroatoms. The maximum absolute atomic E-state index is 3.39. The Balaban J connectivity index is 3.09. The summed E-state index contributed by atoms with van der Waals surface area (Å²) in [5, 5.41) is 0. The number of hydrogen-bond donors (Lipinski definition) is 0. The molecule has 0 N–H and O–H groups in total. The molecule has 0 atom stereocenters. The molecule has 1 aromatic rings. The second-order valence-electron chi connectivity index (χ2n) is 2.44. The number of para-hydroxylation sites is 2. The molecule has 0 aliphatic heterocycles. The van der Waals surface area contributed by atoms with Crippen LogP contribution in [0.2, 0.25) is 0 Å². The Hall–Kier alpha value is -0.220. The zero-order chi connectivity index (χ0) is 9.14. The molecule has 0 aliphatic carbocycles. The largest absolute Gasteiger partial charge is 0.310 e. The predicted octanol–water partition coefficient (Wildman–Crippen LogP) is 3.18. The summed E-state index contributed by atoms with van der Waals surface area (Å²) in [6.45, 7) is 0. The van der Waals surface area contributed by atoms with Gasteiger partial charge in [-0.3, -0.25) is 0 Å². The minimum absolute atomic E-state index is 1.12. The molecule has 0 unspecified atom stereocenters. The van der Waals surface area contributed by atoms with E-state index in [1.54, 1.807) is 0 Å². The van der Waals surface area contributed by atoms with E-state index in [1.807, 2.05) is 46.2 Å². The fourth-order valence-electron chi connectivity index (χ4n) is 0.985. The Labute approximate surface area is 89.8 Å². The topological polar surface area (TPSA) is 6.48 Å². The maximum atomic E-state index is 3.39. The Bertz CT molecular complexity index is 234. The first-order valence-electron chi connectivity index (χ1n) is 3.51. The van der Waals surface area contributed by atoms with Crippen LogP contribution >= 0.6 is 32.3 Å². The van der Waals surface area contributed by atoms with Crippen molar-refractivity contribution in [1.82, 2.24) is 0 Å². The molecule has 66 valence electrons. The minimum atomic E-state index is 1.12. The van der Waals surface area contributed by atoms with E-state index in [0.717, 1.165) is 11.4 Å². The van der Waals surface area contributed by atoms with Crippen LogP contribution in [0.1, 0.15) is 0 Å². The van der Waals surface area contributed by atoms with Crippen molar-refractivity contribution < 1.29 is 0 Å². The molecule has 12 heavy (non-hydrogen) atoms. The van der Waals surface area contributed by atoms with Crippen molar-refractivity contribution in [3.05, 3.63) is 24.3 Å². The molecule has 0 heterocycles. The molecule has 0 aliphatic rings. The Morgan fingerprint density at radius 3 is 1.50 bits per heavy atom. The Morgan fingerprint density at radius 1 is 0.917 bits per heavy atom. The number of rotatable bonds is 2. The zero-order valence-corrected chi connectivity index (χ0v) is 10.1. The van der Waals surface area contributed by atoms with Gasteiger partial charge in [-0.1, -0.05) is 12.1 Å². The fraction of sp³-hybridized carbons (Fsp3) is 0.250. The summed E-state index contributed by atoms with van der Waals surface area (Å²) in [7, 11) is 3.91. The Kier molecular flexibility index (Phi) is 3.40. The Morgan fingerprint density at radius 2 is 1.25 bits per heavy atom. The van der Waals surface area contributed by atoms with Gasteiger partial charge in [0.05, 0.1) is 11.4 Å². The summed E-state index contributed by atoms with van der Waals surface area (Å²) >= 11 is 6.77. The lowest BCUT2D eigenvalue weighted by atomic mass is 10.3. The van der Waals surface area contributed by atoms with Crippen LogP contribution in [0.3, 0.4) is 0 Å². The van der Waals surface area contributed by atoms with Crippen molar-refractivity contribution in [2.45, 2.75) is 0 Å². The number of benzene rings is 1. The van der Waals surface area contributed by atoms with Crippen LogP contribution < -0.4 is 7.85 Å². The van der Waals surface area contributed by atoms with Gasteiger partial charge in [0.2, 0.25) is 0 Å². The summed E-state index contributed by atoms with van der Waals surface area (Å²) in [6, 6.07) is 8.10. The van der Waals surface area contributed by atoms with Crippen molar-refractivity contribution in [3.8, 4) is 0 Å². The molecule has 0 saturated carbocycles. The van der Waals surface area contributed by atoms with Crippen LogP contribution in [0.4, 0.5) is 11.4 Å². The van der Waals surface area contributed by atoms with Crippen LogP contribution in [-0.2, 0) is 0 Å². The maximum Gasteiger partial charge on any atom is 0.0709 e. The third-order valence-corrected chi connectivity index (χ3v) is 2.31. The van der Waals surface area contributed by atoms with Gasteiger partial charge in [-0.15, -0.1) is 0 Å². The van der Waals surface area contributed by atoms with E-state index >= 15 is 0 Å². The first-order valence-corrected chi connectivity index (χ1v) is 4.93. The molecule has 0 radical (unpaired) electrons. The highest BCUT2D eigenvalue weighted by atomic mass is 79.9. The molecular formula is C8H10Br2N2. The second kappa shape index (κ2) is 4.14. The van der Waals surface area contributed by atoms with Crippen LogP contribution in [0.5, 0.6) is 0 Å². The SMILES string of the molecule is CN(Br)c1ccccc1N(C)Br. The predicted molar refractivity (Wildman–Crippen MR) is 61.1 cm³/mol. The van der Waals surface area contributed by atoms with Gasteiger partial charge in [0.15, 0.2) is 0 Å². The molecule has 0 amide bonds. The third-order valence-electron chi connectivity index (χ3n) is 1.55. The molecule has 2 nitrogen and oxygen atoms in total. The van der Waals surface area contributed by atoms with Crippen LogP contribution in [0.15, 0.2) is 24.3 Å². The van der Waals surface area contributed by atoms with Gasteiger partial charge < -0.3 is 7.85 Å². The quantitative estimate of drug-likeness (QED) is 0.773. The number of halogens is 2. The highest BCUT2D eigenvalue weighted by Gasteiger charge is 2.05. The average molecular weight is 294 g/mol.